The van der Waals surface area contributed by atoms with Crippen LogP contribution in [0.1, 0.15) is 75.2 Å². The number of hydrogen-bond acceptors (Lipinski definition) is 12. The first-order chi connectivity index (χ1) is 19.4. The van der Waals surface area contributed by atoms with Crippen molar-refractivity contribution in [3.8, 4) is 0 Å². The van der Waals surface area contributed by atoms with E-state index in [1.807, 2.05) is 0 Å². The molecule has 2 bridgehead atoms. The molecule has 43 heavy (non-hydrogen) atoms. The predicted octanol–water partition coefficient (Wildman–Crippen LogP) is 1.83. The number of carbonyl (C=O) groups is 6. The van der Waals surface area contributed by atoms with E-state index in [-0.39, 0.29) is 23.9 Å². The topological polar surface area (TPSA) is 189 Å². The van der Waals surface area contributed by atoms with Crippen LogP contribution in [-0.2, 0) is 57.2 Å². The van der Waals surface area contributed by atoms with Gasteiger partial charge in [-0.25, -0.2) is 4.79 Å². The fourth-order valence-corrected chi connectivity index (χ4v) is 7.79. The van der Waals surface area contributed by atoms with Gasteiger partial charge in [-0.1, -0.05) is 26.8 Å². The Kier molecular flexibility index (Phi) is 8.95. The maximum absolute atomic E-state index is 13.5. The lowest BCUT2D eigenvalue weighted by Gasteiger charge is -2.61. The van der Waals surface area contributed by atoms with Crippen molar-refractivity contribution >= 4 is 35.8 Å². The second-order valence-electron chi connectivity index (χ2n) is 12.2. The van der Waals surface area contributed by atoms with E-state index < -0.39 is 88.7 Å². The smallest absolute Gasteiger partial charge is 0.334 e. The third kappa shape index (κ3) is 5.21. The molecule has 1 heterocycles. The molecule has 0 amide bonds. The van der Waals surface area contributed by atoms with Crippen LogP contribution in [-0.4, -0.2) is 77.4 Å². The molecule has 1 saturated heterocycles. The molecule has 1 aliphatic heterocycles. The Bertz CT molecular complexity index is 1310. The van der Waals surface area contributed by atoms with Gasteiger partial charge in [0.2, 0.25) is 0 Å². The van der Waals surface area contributed by atoms with Gasteiger partial charge in [0.1, 0.15) is 12.2 Å². The molecule has 238 valence electrons. The minimum atomic E-state index is -1.66. The molecule has 2 fully saturated rings. The van der Waals surface area contributed by atoms with Crippen LogP contribution in [0.4, 0.5) is 0 Å². The average molecular weight is 609 g/mol. The molecule has 3 aliphatic carbocycles. The zero-order valence-corrected chi connectivity index (χ0v) is 25.9. The van der Waals surface area contributed by atoms with Gasteiger partial charge in [0, 0.05) is 64.4 Å². The first-order valence-electron chi connectivity index (χ1n) is 13.9. The standard InChI is InChI=1S/C30H38O12.H2O/c1-13-20(37-14(2)31)12-30(42-18(6)35)25-23-19(27(36)41-25)10-11-21(38-15(3)32)29(23,9)26(40-17(5)34)24(39-16(4)33)22(13)28(30,7)8;/h10,20-21,23-26H,11-12H2,1-9H3;1H2/t20-,21-,23-,24+,25-,26-,29+,30+;/m0./s1. The molecule has 1 saturated carbocycles. The Labute approximate surface area is 249 Å². The monoisotopic (exact) mass is 608 g/mol. The van der Waals surface area contributed by atoms with Crippen LogP contribution in [0.25, 0.3) is 0 Å². The predicted molar refractivity (Wildman–Crippen MR) is 146 cm³/mol. The second kappa shape index (κ2) is 11.4. The summed E-state index contributed by atoms with van der Waals surface area (Å²) in [6.45, 7) is 13.0. The van der Waals surface area contributed by atoms with Crippen LogP contribution in [0, 0.1) is 16.7 Å². The third-order valence-corrected chi connectivity index (χ3v) is 9.31. The highest BCUT2D eigenvalue weighted by Crippen LogP contribution is 2.65. The number of rotatable bonds is 5. The summed E-state index contributed by atoms with van der Waals surface area (Å²) in [5.41, 5.74) is -3.26. The molecule has 4 aliphatic rings. The van der Waals surface area contributed by atoms with Gasteiger partial charge in [-0.3, -0.25) is 24.0 Å². The molecular formula is C30H40O13. The largest absolute Gasteiger partial charge is 0.461 e. The molecule has 0 unspecified atom stereocenters. The lowest BCUT2D eigenvalue weighted by molar-refractivity contribution is -0.248. The molecule has 0 aromatic heterocycles. The molecule has 0 aromatic rings. The fraction of sp³-hybridized carbons (Fsp3) is 0.667. The summed E-state index contributed by atoms with van der Waals surface area (Å²) in [5, 5.41) is 0. The summed E-state index contributed by atoms with van der Waals surface area (Å²) in [6, 6.07) is 0. The molecule has 2 N–H and O–H groups in total. The van der Waals surface area contributed by atoms with Crippen LogP contribution in [0.2, 0.25) is 0 Å². The molecule has 13 nitrogen and oxygen atoms in total. The van der Waals surface area contributed by atoms with Gasteiger partial charge < -0.3 is 33.9 Å². The maximum Gasteiger partial charge on any atom is 0.334 e. The van der Waals surface area contributed by atoms with Crippen molar-refractivity contribution in [2.24, 2.45) is 16.7 Å². The van der Waals surface area contributed by atoms with Crippen molar-refractivity contribution in [3.63, 3.8) is 0 Å². The Morgan fingerprint density at radius 3 is 1.91 bits per heavy atom. The van der Waals surface area contributed by atoms with Crippen LogP contribution < -0.4 is 0 Å². The van der Waals surface area contributed by atoms with Crippen molar-refractivity contribution in [1.29, 1.82) is 0 Å². The van der Waals surface area contributed by atoms with E-state index >= 15 is 0 Å². The summed E-state index contributed by atoms with van der Waals surface area (Å²) in [5.74, 6) is -5.00. The van der Waals surface area contributed by atoms with E-state index in [1.165, 1.54) is 34.6 Å². The molecule has 0 aromatic carbocycles. The van der Waals surface area contributed by atoms with E-state index in [4.69, 9.17) is 28.4 Å². The highest BCUT2D eigenvalue weighted by molar-refractivity contribution is 5.92. The van der Waals surface area contributed by atoms with Crippen molar-refractivity contribution < 1.29 is 62.7 Å². The molecule has 0 radical (unpaired) electrons. The third-order valence-electron chi connectivity index (χ3n) is 9.31. The van der Waals surface area contributed by atoms with Gasteiger partial charge in [0.15, 0.2) is 23.9 Å². The minimum absolute atomic E-state index is 0. The minimum Gasteiger partial charge on any atom is -0.461 e. The first kappa shape index (κ1) is 33.8. The number of esters is 6. The number of hydrogen-bond donors (Lipinski definition) is 0. The second-order valence-corrected chi connectivity index (χ2v) is 12.2. The van der Waals surface area contributed by atoms with E-state index in [9.17, 15) is 28.8 Å². The molecule has 13 heteroatoms. The Morgan fingerprint density at radius 2 is 1.40 bits per heavy atom. The highest BCUT2D eigenvalue weighted by Gasteiger charge is 2.75. The van der Waals surface area contributed by atoms with Gasteiger partial charge in [0.25, 0.3) is 0 Å². The molecule has 8 atom stereocenters. The Hall–Kier alpha value is -3.74. The van der Waals surface area contributed by atoms with Crippen molar-refractivity contribution in [1.82, 2.24) is 0 Å². The zero-order chi connectivity index (χ0) is 31.5. The van der Waals surface area contributed by atoms with E-state index in [0.717, 1.165) is 0 Å². The Morgan fingerprint density at radius 1 is 0.837 bits per heavy atom. The number of ether oxygens (including phenoxy) is 6. The average Bonchev–Trinajstić information content (AvgIpc) is 3.18. The lowest BCUT2D eigenvalue weighted by atomic mass is 9.48. The van der Waals surface area contributed by atoms with Crippen LogP contribution >= 0.6 is 0 Å². The summed E-state index contributed by atoms with van der Waals surface area (Å²) < 4.78 is 35.8. The van der Waals surface area contributed by atoms with Gasteiger partial charge in [-0.2, -0.15) is 0 Å². The number of carbonyl (C=O) groups excluding carboxylic acids is 6. The SMILES string of the molecule is CC(=O)O[C@H]1C[C@@]2(OC(C)=O)[C@H]3OC(=O)C4=CC[C@H](OC(C)=O)[C@@](C)([C@@H](OC(C)=O)[C@H](OC(C)=O)C(=C1C)C2(C)C)[C@@H]43.O. The molecule has 4 rings (SSSR count). The van der Waals surface area contributed by atoms with Gasteiger partial charge >= 0.3 is 35.8 Å². The van der Waals surface area contributed by atoms with Crippen molar-refractivity contribution in [2.75, 3.05) is 0 Å². The Balaban J connectivity index is 0.00000506. The van der Waals surface area contributed by atoms with Crippen molar-refractivity contribution in [3.05, 3.63) is 22.8 Å². The van der Waals surface area contributed by atoms with E-state index in [0.29, 0.717) is 11.1 Å². The lowest BCUT2D eigenvalue weighted by Crippen LogP contribution is -2.72. The molecule has 0 spiro atoms. The summed E-state index contributed by atoms with van der Waals surface area (Å²) in [6.07, 6.45) is -4.19. The summed E-state index contributed by atoms with van der Waals surface area (Å²) in [7, 11) is 0. The normalized spacial score (nSPS) is 35.4. The van der Waals surface area contributed by atoms with Crippen LogP contribution in [0.3, 0.4) is 0 Å². The van der Waals surface area contributed by atoms with Crippen LogP contribution in [0.15, 0.2) is 22.8 Å². The van der Waals surface area contributed by atoms with E-state index in [1.54, 1.807) is 33.8 Å². The molecular weight excluding hydrogens is 568 g/mol. The highest BCUT2D eigenvalue weighted by atomic mass is 16.6. The van der Waals surface area contributed by atoms with Crippen LogP contribution in [0.5, 0.6) is 0 Å². The van der Waals surface area contributed by atoms with Gasteiger partial charge in [-0.15, -0.1) is 0 Å². The first-order valence-corrected chi connectivity index (χ1v) is 13.9. The zero-order valence-electron chi connectivity index (χ0n) is 25.9. The van der Waals surface area contributed by atoms with Crippen molar-refractivity contribution in [2.45, 2.75) is 111 Å². The fourth-order valence-electron chi connectivity index (χ4n) is 7.79. The summed E-state index contributed by atoms with van der Waals surface area (Å²) >= 11 is 0. The van der Waals surface area contributed by atoms with Gasteiger partial charge in [0.05, 0.1) is 5.41 Å². The quantitative estimate of drug-likeness (QED) is 0.250. The van der Waals surface area contributed by atoms with Gasteiger partial charge in [-0.05, 0) is 18.1 Å². The number of fused-ring (bicyclic) bond motifs is 3. The maximum atomic E-state index is 13.5. The summed E-state index contributed by atoms with van der Waals surface area (Å²) in [4.78, 5) is 76.5. The van der Waals surface area contributed by atoms with E-state index in [2.05, 4.69) is 0 Å².